The van der Waals surface area contributed by atoms with Crippen molar-refractivity contribution < 1.29 is 8.42 Å². The van der Waals surface area contributed by atoms with E-state index in [1.54, 1.807) is 0 Å². The van der Waals surface area contributed by atoms with Crippen LogP contribution in [0.5, 0.6) is 0 Å². The van der Waals surface area contributed by atoms with Crippen LogP contribution in [0.3, 0.4) is 0 Å². The highest BCUT2D eigenvalue weighted by atomic mass is 35.5. The van der Waals surface area contributed by atoms with Crippen LogP contribution in [0.15, 0.2) is 0 Å². The van der Waals surface area contributed by atoms with E-state index < -0.39 is 9.84 Å². The molecule has 0 radical (unpaired) electrons. The second kappa shape index (κ2) is 4.33. The summed E-state index contributed by atoms with van der Waals surface area (Å²) in [6.45, 7) is 0.574. The Hall–Kier alpha value is -0.620. The molecule has 1 aromatic heterocycles. The summed E-state index contributed by atoms with van der Waals surface area (Å²) < 4.78 is 23.8. The molecule has 1 heterocycles. The molecule has 0 saturated heterocycles. The Kier molecular flexibility index (Phi) is 3.21. The van der Waals surface area contributed by atoms with Crippen molar-refractivity contribution in [3.8, 4) is 0 Å². The van der Waals surface area contributed by atoms with Crippen molar-refractivity contribution in [2.24, 2.45) is 0 Å². The molecule has 1 saturated carbocycles. The van der Waals surface area contributed by atoms with Gasteiger partial charge < -0.3 is 4.57 Å². The fourth-order valence-electron chi connectivity index (χ4n) is 1.63. The van der Waals surface area contributed by atoms with Crippen LogP contribution in [0, 0.1) is 0 Å². The maximum Gasteiger partial charge on any atom is 0.225 e. The lowest BCUT2D eigenvalue weighted by Gasteiger charge is -2.06. The first-order valence-corrected chi connectivity index (χ1v) is 7.67. The number of nitrogens with zero attached hydrogens (tertiary/aromatic N) is 3. The number of sulfone groups is 1. The molecular formula is C9H14ClN3O2S. The van der Waals surface area contributed by atoms with Crippen LogP contribution in [-0.4, -0.2) is 35.2 Å². The summed E-state index contributed by atoms with van der Waals surface area (Å²) in [4.78, 5) is 0. The fourth-order valence-corrected chi connectivity index (χ4v) is 2.49. The highest BCUT2D eigenvalue weighted by molar-refractivity contribution is 7.90. The minimum atomic E-state index is -2.90. The first-order chi connectivity index (χ1) is 7.47. The second-order valence-electron chi connectivity index (χ2n) is 4.24. The van der Waals surface area contributed by atoms with Crippen molar-refractivity contribution in [2.75, 3.05) is 12.0 Å². The molecule has 0 bridgehead atoms. The van der Waals surface area contributed by atoms with Gasteiger partial charge in [-0.05, 0) is 30.9 Å². The average Bonchev–Trinajstić information content (AvgIpc) is 2.92. The number of rotatable bonds is 5. The van der Waals surface area contributed by atoms with E-state index in [9.17, 15) is 8.42 Å². The Morgan fingerprint density at radius 3 is 2.69 bits per heavy atom. The summed E-state index contributed by atoms with van der Waals surface area (Å²) in [6.07, 6.45) is 4.04. The van der Waals surface area contributed by atoms with E-state index in [0.717, 1.165) is 18.7 Å². The van der Waals surface area contributed by atoms with E-state index in [0.29, 0.717) is 24.2 Å². The van der Waals surface area contributed by atoms with Crippen LogP contribution < -0.4 is 0 Å². The minimum Gasteiger partial charge on any atom is -0.302 e. The molecule has 16 heavy (non-hydrogen) atoms. The molecule has 0 N–H and O–H groups in total. The first-order valence-electron chi connectivity index (χ1n) is 5.24. The van der Waals surface area contributed by atoms with Crippen molar-refractivity contribution >= 4 is 21.4 Å². The molecular weight excluding hydrogens is 250 g/mol. The zero-order valence-electron chi connectivity index (χ0n) is 9.06. The van der Waals surface area contributed by atoms with Crippen LogP contribution >= 0.6 is 11.6 Å². The molecule has 1 aromatic rings. The standard InChI is InChI=1S/C9H14ClN3O2S/c1-16(14,15)6-2-5-13-8(7-3-4-7)11-12-9(13)10/h7H,2-6H2,1H3. The van der Waals surface area contributed by atoms with E-state index >= 15 is 0 Å². The summed E-state index contributed by atoms with van der Waals surface area (Å²) >= 11 is 5.91. The van der Waals surface area contributed by atoms with E-state index in [1.807, 2.05) is 4.57 Å². The van der Waals surface area contributed by atoms with Gasteiger partial charge in [0.25, 0.3) is 0 Å². The lowest BCUT2D eigenvalue weighted by atomic mass is 10.4. The van der Waals surface area contributed by atoms with Crippen LogP contribution in [-0.2, 0) is 16.4 Å². The molecule has 0 atom stereocenters. The zero-order chi connectivity index (χ0) is 11.8. The summed E-state index contributed by atoms with van der Waals surface area (Å²) in [6, 6.07) is 0. The normalized spacial score (nSPS) is 16.6. The number of halogens is 1. The Labute approximate surface area is 99.7 Å². The molecule has 1 fully saturated rings. The van der Waals surface area contributed by atoms with Crippen LogP contribution in [0.25, 0.3) is 0 Å². The molecule has 1 aliphatic carbocycles. The number of aromatic nitrogens is 3. The monoisotopic (exact) mass is 263 g/mol. The number of hydrogen-bond acceptors (Lipinski definition) is 4. The Balaban J connectivity index is 2.00. The Morgan fingerprint density at radius 1 is 1.44 bits per heavy atom. The Morgan fingerprint density at radius 2 is 2.12 bits per heavy atom. The summed E-state index contributed by atoms with van der Waals surface area (Å²) in [5, 5.41) is 8.20. The predicted molar refractivity (Wildman–Crippen MR) is 61.3 cm³/mol. The van der Waals surface area contributed by atoms with Gasteiger partial charge in [-0.2, -0.15) is 0 Å². The molecule has 7 heteroatoms. The maximum absolute atomic E-state index is 11.0. The van der Waals surface area contributed by atoms with Gasteiger partial charge in [0.1, 0.15) is 15.7 Å². The molecule has 5 nitrogen and oxygen atoms in total. The molecule has 0 spiro atoms. The van der Waals surface area contributed by atoms with Gasteiger partial charge in [-0.3, -0.25) is 0 Å². The molecule has 0 amide bonds. The Bertz CT molecular complexity index is 479. The fraction of sp³-hybridized carbons (Fsp3) is 0.778. The summed E-state index contributed by atoms with van der Waals surface area (Å²) in [5.74, 6) is 1.54. The lowest BCUT2D eigenvalue weighted by molar-refractivity contribution is 0.587. The van der Waals surface area contributed by atoms with E-state index in [2.05, 4.69) is 10.2 Å². The third-order valence-electron chi connectivity index (χ3n) is 2.57. The van der Waals surface area contributed by atoms with Gasteiger partial charge >= 0.3 is 0 Å². The third kappa shape index (κ3) is 2.95. The van der Waals surface area contributed by atoms with Crippen molar-refractivity contribution in [1.82, 2.24) is 14.8 Å². The third-order valence-corrected chi connectivity index (χ3v) is 3.88. The largest absolute Gasteiger partial charge is 0.302 e. The molecule has 0 aliphatic heterocycles. The first kappa shape index (κ1) is 11.9. The van der Waals surface area contributed by atoms with Gasteiger partial charge in [-0.25, -0.2) is 8.42 Å². The highest BCUT2D eigenvalue weighted by Crippen LogP contribution is 2.39. The van der Waals surface area contributed by atoms with Gasteiger partial charge in [0.05, 0.1) is 5.75 Å². The maximum atomic E-state index is 11.0. The smallest absolute Gasteiger partial charge is 0.225 e. The quantitative estimate of drug-likeness (QED) is 0.802. The minimum absolute atomic E-state index is 0.172. The topological polar surface area (TPSA) is 64.8 Å². The summed E-state index contributed by atoms with van der Waals surface area (Å²) in [5.41, 5.74) is 0. The average molecular weight is 264 g/mol. The van der Waals surface area contributed by atoms with Crippen molar-refractivity contribution in [3.05, 3.63) is 11.1 Å². The molecule has 0 unspecified atom stereocenters. The highest BCUT2D eigenvalue weighted by Gasteiger charge is 2.29. The van der Waals surface area contributed by atoms with Crippen molar-refractivity contribution in [2.45, 2.75) is 31.7 Å². The summed E-state index contributed by atoms with van der Waals surface area (Å²) in [7, 11) is -2.90. The van der Waals surface area contributed by atoms with Crippen molar-refractivity contribution in [3.63, 3.8) is 0 Å². The van der Waals surface area contributed by atoms with Gasteiger partial charge in [-0.15, -0.1) is 10.2 Å². The van der Waals surface area contributed by atoms with Crippen LogP contribution in [0.1, 0.15) is 31.0 Å². The van der Waals surface area contributed by atoms with Gasteiger partial charge in [-0.1, -0.05) is 0 Å². The van der Waals surface area contributed by atoms with Gasteiger partial charge in [0, 0.05) is 18.7 Å². The lowest BCUT2D eigenvalue weighted by Crippen LogP contribution is -2.09. The zero-order valence-corrected chi connectivity index (χ0v) is 10.6. The molecule has 0 aromatic carbocycles. The van der Waals surface area contributed by atoms with Gasteiger partial charge in [0.15, 0.2) is 0 Å². The van der Waals surface area contributed by atoms with E-state index in [4.69, 9.17) is 11.6 Å². The van der Waals surface area contributed by atoms with Crippen LogP contribution in [0.2, 0.25) is 5.28 Å². The molecule has 90 valence electrons. The SMILES string of the molecule is CS(=O)(=O)CCCn1c(Cl)nnc1C1CC1. The van der Waals surface area contributed by atoms with Crippen molar-refractivity contribution in [1.29, 1.82) is 0 Å². The number of hydrogen-bond donors (Lipinski definition) is 0. The van der Waals surface area contributed by atoms with Gasteiger partial charge in [0.2, 0.25) is 5.28 Å². The van der Waals surface area contributed by atoms with E-state index in [-0.39, 0.29) is 5.75 Å². The second-order valence-corrected chi connectivity index (χ2v) is 6.83. The molecule has 1 aliphatic rings. The van der Waals surface area contributed by atoms with E-state index in [1.165, 1.54) is 6.26 Å². The molecule has 2 rings (SSSR count). The predicted octanol–water partition coefficient (Wildman–Crippen LogP) is 1.24. The van der Waals surface area contributed by atoms with Crippen LogP contribution in [0.4, 0.5) is 0 Å².